The Hall–Kier alpha value is -3.15. The number of hydrogen-bond acceptors (Lipinski definition) is 8. The summed E-state index contributed by atoms with van der Waals surface area (Å²) in [6.45, 7) is 11.4. The number of hydrogen-bond donors (Lipinski definition) is 3. The van der Waals surface area contributed by atoms with Gasteiger partial charge >= 0.3 is 18.0 Å². The van der Waals surface area contributed by atoms with Gasteiger partial charge in [0.15, 0.2) is 0 Å². The molecule has 1 rings (SSSR count). The third-order valence-electron chi connectivity index (χ3n) is 4.49. The van der Waals surface area contributed by atoms with E-state index in [0.29, 0.717) is 6.04 Å². The van der Waals surface area contributed by atoms with Crippen LogP contribution in [0.4, 0.5) is 16.2 Å². The fourth-order valence-corrected chi connectivity index (χ4v) is 3.43. The Balaban J connectivity index is 2.89. The Labute approximate surface area is 187 Å². The van der Waals surface area contributed by atoms with Crippen LogP contribution in [-0.2, 0) is 19.2 Å². The van der Waals surface area contributed by atoms with Gasteiger partial charge < -0.3 is 20.0 Å². The highest BCUT2D eigenvalue weighted by Crippen LogP contribution is 2.31. The van der Waals surface area contributed by atoms with Gasteiger partial charge in [0, 0.05) is 20.2 Å². The molecule has 178 valence electrons. The maximum atomic E-state index is 12.8. The van der Waals surface area contributed by atoms with Gasteiger partial charge in [-0.3, -0.25) is 10.1 Å². The van der Waals surface area contributed by atoms with Crippen molar-refractivity contribution in [3.63, 3.8) is 0 Å². The Kier molecular flexibility index (Phi) is 9.18. The molecule has 32 heavy (non-hydrogen) atoms. The first-order chi connectivity index (χ1) is 14.6. The summed E-state index contributed by atoms with van der Waals surface area (Å²) in [4.78, 5) is 52.0. The first kappa shape index (κ1) is 26.9. The minimum atomic E-state index is -1.60. The van der Waals surface area contributed by atoms with Crippen LogP contribution in [0.25, 0.3) is 0 Å². The second kappa shape index (κ2) is 10.9. The molecule has 0 saturated heterocycles. The summed E-state index contributed by atoms with van der Waals surface area (Å²) in [5.74, 6) is -3.61. The summed E-state index contributed by atoms with van der Waals surface area (Å²) >= 11 is 0. The molecule has 0 aliphatic heterocycles. The van der Waals surface area contributed by atoms with E-state index in [2.05, 4.69) is 30.4 Å². The van der Waals surface area contributed by atoms with Gasteiger partial charge in [-0.15, -0.1) is 0 Å². The zero-order valence-corrected chi connectivity index (χ0v) is 20.1. The van der Waals surface area contributed by atoms with Gasteiger partial charge in [-0.05, 0) is 23.6 Å². The first-order valence-corrected chi connectivity index (χ1v) is 13.7. The van der Waals surface area contributed by atoms with Gasteiger partial charge in [-0.1, -0.05) is 40.4 Å². The molecular weight excluding hydrogens is 438 g/mol. The number of anilines is 1. The van der Waals surface area contributed by atoms with Crippen LogP contribution in [0.1, 0.15) is 20.8 Å². The molecule has 0 fully saturated rings. The van der Waals surface area contributed by atoms with E-state index >= 15 is 0 Å². The minimum Gasteiger partial charge on any atom is -0.480 e. The number of nitrogens with one attached hydrogen (secondary N) is 2. The zero-order valence-electron chi connectivity index (χ0n) is 19.1. The average Bonchev–Trinajstić information content (AvgIpc) is 2.63. The molecule has 1 aromatic rings. The Bertz CT molecular complexity index is 831. The molecule has 0 aromatic heterocycles. The van der Waals surface area contributed by atoms with Crippen LogP contribution in [0.5, 0.6) is 0 Å². The molecule has 0 spiro atoms. The highest BCUT2D eigenvalue weighted by atomic mass is 28.3. The van der Waals surface area contributed by atoms with E-state index < -0.39 is 48.4 Å². The predicted octanol–water partition coefficient (Wildman–Crippen LogP) is 3.64. The molecule has 0 heterocycles. The number of non-ortho nitro benzene ring substituents is 1. The minimum absolute atomic E-state index is 0.141. The van der Waals surface area contributed by atoms with Gasteiger partial charge in [0.2, 0.25) is 0 Å². The number of alkyl carbamates (subject to hydrolysis) is 1. The van der Waals surface area contributed by atoms with Crippen LogP contribution in [0.3, 0.4) is 0 Å². The second-order valence-electron chi connectivity index (χ2n) is 9.58. The zero-order chi connectivity index (χ0) is 24.7. The largest absolute Gasteiger partial charge is 0.480 e. The van der Waals surface area contributed by atoms with Crippen LogP contribution in [0.15, 0.2) is 24.3 Å². The fraction of sp³-hybridized carbons (Fsp3) is 0.550. The van der Waals surface area contributed by atoms with Crippen molar-refractivity contribution in [2.45, 2.75) is 52.5 Å². The van der Waals surface area contributed by atoms with Gasteiger partial charge in [-0.25, -0.2) is 19.9 Å². The normalized spacial score (nSPS) is 13.4. The van der Waals surface area contributed by atoms with Crippen LogP contribution >= 0.6 is 0 Å². The molecule has 0 aliphatic rings. The van der Waals surface area contributed by atoms with Crippen molar-refractivity contribution in [2.75, 3.05) is 12.1 Å². The summed E-state index contributed by atoms with van der Waals surface area (Å²) in [5, 5.41) is 22.7. The predicted molar refractivity (Wildman–Crippen MR) is 120 cm³/mol. The third kappa shape index (κ3) is 8.92. The number of ether oxygens (including phenoxy) is 1. The first-order valence-electron chi connectivity index (χ1n) is 9.99. The van der Waals surface area contributed by atoms with Crippen molar-refractivity contribution in [3.05, 3.63) is 34.4 Å². The maximum absolute atomic E-state index is 12.8. The SMILES string of the molecule is CC(C)(C)C(C(=O)ONc1ccc([N+](=O)[O-])cc1)[C@H](NC(=O)OCC[Si](C)(C)C)C(=O)O. The molecule has 0 radical (unpaired) electrons. The van der Waals surface area contributed by atoms with Gasteiger partial charge in [-0.2, -0.15) is 0 Å². The number of rotatable bonds is 10. The average molecular weight is 470 g/mol. The summed E-state index contributed by atoms with van der Waals surface area (Å²) in [6.07, 6.45) is -0.930. The number of benzene rings is 1. The number of aliphatic carboxylic acids is 1. The van der Waals surface area contributed by atoms with Crippen molar-refractivity contribution in [3.8, 4) is 0 Å². The van der Waals surface area contributed by atoms with Gasteiger partial charge in [0.1, 0.15) is 6.04 Å². The van der Waals surface area contributed by atoms with Crippen LogP contribution in [-0.4, -0.2) is 48.8 Å². The maximum Gasteiger partial charge on any atom is 0.407 e. The van der Waals surface area contributed by atoms with E-state index in [1.807, 2.05) is 0 Å². The number of amides is 1. The monoisotopic (exact) mass is 469 g/mol. The van der Waals surface area contributed by atoms with Crippen molar-refractivity contribution < 1.29 is 34.0 Å². The molecule has 2 atom stereocenters. The van der Waals surface area contributed by atoms with Crippen molar-refractivity contribution >= 4 is 37.5 Å². The van der Waals surface area contributed by atoms with E-state index in [-0.39, 0.29) is 18.0 Å². The summed E-state index contributed by atoms with van der Waals surface area (Å²) in [6, 6.07) is 4.22. The summed E-state index contributed by atoms with van der Waals surface area (Å²) < 4.78 is 5.10. The smallest absolute Gasteiger partial charge is 0.407 e. The number of nitrogens with zero attached hydrogens (tertiary/aromatic N) is 1. The van der Waals surface area contributed by atoms with E-state index in [4.69, 9.17) is 9.57 Å². The number of nitro benzene ring substituents is 1. The van der Waals surface area contributed by atoms with Crippen molar-refractivity contribution in [2.24, 2.45) is 11.3 Å². The Morgan fingerprint density at radius 3 is 2.16 bits per heavy atom. The van der Waals surface area contributed by atoms with E-state index in [1.54, 1.807) is 20.8 Å². The molecule has 0 bridgehead atoms. The molecule has 12 heteroatoms. The van der Waals surface area contributed by atoms with Crippen molar-refractivity contribution in [1.29, 1.82) is 0 Å². The van der Waals surface area contributed by atoms with Gasteiger partial charge in [0.05, 0.1) is 23.1 Å². The van der Waals surface area contributed by atoms with Gasteiger partial charge in [0.25, 0.3) is 5.69 Å². The van der Waals surface area contributed by atoms with E-state index in [1.165, 1.54) is 24.3 Å². The van der Waals surface area contributed by atoms with E-state index in [0.717, 1.165) is 0 Å². The standard InChI is InChI=1S/C20H31N3O8Si/c1-20(2,3)15(16(17(24)25)21-19(27)30-11-12-32(4,5)6)18(26)31-22-13-7-9-14(10-8-13)23(28)29/h7-10,15-16,22H,11-12H2,1-6H3,(H,21,27)(H,24,25)/t15?,16-/m0/s1. The molecular formula is C20H31N3O8Si. The molecule has 1 amide bonds. The lowest BCUT2D eigenvalue weighted by Crippen LogP contribution is -2.53. The molecule has 3 N–H and O–H groups in total. The van der Waals surface area contributed by atoms with Crippen LogP contribution in [0.2, 0.25) is 25.7 Å². The number of nitro groups is 1. The molecule has 1 aromatic carbocycles. The topological polar surface area (TPSA) is 157 Å². The number of carbonyl (C=O) groups excluding carboxylic acids is 2. The Morgan fingerprint density at radius 2 is 1.72 bits per heavy atom. The van der Waals surface area contributed by atoms with Crippen LogP contribution < -0.4 is 10.8 Å². The molecule has 1 unspecified atom stereocenters. The third-order valence-corrected chi connectivity index (χ3v) is 6.20. The quantitative estimate of drug-likeness (QED) is 0.264. The molecule has 11 nitrogen and oxygen atoms in total. The lowest BCUT2D eigenvalue weighted by atomic mass is 9.76. The second-order valence-corrected chi connectivity index (χ2v) is 15.2. The molecule has 0 aliphatic carbocycles. The highest BCUT2D eigenvalue weighted by Gasteiger charge is 2.44. The van der Waals surface area contributed by atoms with E-state index in [9.17, 15) is 29.6 Å². The number of carboxylic acids is 1. The number of carboxylic acid groups (broad SMARTS) is 1. The lowest BCUT2D eigenvalue weighted by Gasteiger charge is -2.33. The fourth-order valence-electron chi connectivity index (χ4n) is 2.72. The summed E-state index contributed by atoms with van der Waals surface area (Å²) in [7, 11) is -1.45. The summed E-state index contributed by atoms with van der Waals surface area (Å²) in [5.41, 5.74) is 1.57. The number of carbonyl (C=O) groups is 3. The van der Waals surface area contributed by atoms with Crippen LogP contribution in [0, 0.1) is 21.4 Å². The highest BCUT2D eigenvalue weighted by molar-refractivity contribution is 6.76. The lowest BCUT2D eigenvalue weighted by molar-refractivity contribution is -0.384. The molecule has 0 saturated carbocycles. The Morgan fingerprint density at radius 1 is 1.16 bits per heavy atom. The van der Waals surface area contributed by atoms with Crippen molar-refractivity contribution in [1.82, 2.24) is 5.32 Å².